The zero-order chi connectivity index (χ0) is 41.2. The van der Waals surface area contributed by atoms with Gasteiger partial charge in [-0.15, -0.1) is 0 Å². The Morgan fingerprint density at radius 2 is 0.965 bits per heavy atom. The summed E-state index contributed by atoms with van der Waals surface area (Å²) in [6.07, 6.45) is -8.67. The van der Waals surface area contributed by atoms with Gasteiger partial charge in [-0.05, 0) is 47.5 Å². The maximum Gasteiger partial charge on any atom is 0.416 e. The first kappa shape index (κ1) is 40.8. The molecule has 4 aliphatic rings. The quantitative estimate of drug-likeness (QED) is 0.133. The summed E-state index contributed by atoms with van der Waals surface area (Å²) in [5, 5.41) is 2.85. The normalized spacial score (nSPS) is 18.9. The number of fused-ring (bicyclic) bond motifs is 2. The molecule has 4 aromatic carbocycles. The molecule has 10 nitrogen and oxygen atoms in total. The van der Waals surface area contributed by atoms with Crippen molar-refractivity contribution >= 4 is 51.4 Å². The van der Waals surface area contributed by atoms with Crippen LogP contribution in [0.2, 0.25) is 0 Å². The van der Waals surface area contributed by atoms with Crippen molar-refractivity contribution in [3.63, 3.8) is 0 Å². The summed E-state index contributed by atoms with van der Waals surface area (Å²) in [4.78, 5) is 76.3. The van der Waals surface area contributed by atoms with Crippen LogP contribution in [0.15, 0.2) is 97.1 Å². The number of carbonyl (C=O) groups excluding carboxylic acids is 6. The Labute approximate surface area is 329 Å². The summed E-state index contributed by atoms with van der Waals surface area (Å²) in [6, 6.07) is 22.6. The van der Waals surface area contributed by atoms with Gasteiger partial charge in [0.05, 0.1) is 45.5 Å². The fourth-order valence-electron chi connectivity index (χ4n) is 6.98. The predicted molar refractivity (Wildman–Crippen MR) is 195 cm³/mol. The molecule has 17 heteroatoms. The summed E-state index contributed by atoms with van der Waals surface area (Å²) >= 11 is 3.00. The van der Waals surface area contributed by atoms with Crippen LogP contribution in [0.25, 0.3) is 0 Å². The van der Waals surface area contributed by atoms with E-state index in [2.05, 4.69) is 21.2 Å². The summed E-state index contributed by atoms with van der Waals surface area (Å²) in [6.45, 7) is 0.134. The zero-order valence-corrected chi connectivity index (χ0v) is 31.2. The Kier molecular flexibility index (Phi) is 11.7. The maximum atomic E-state index is 13.2. The molecule has 1 N–H and O–H groups in total. The molecular formula is C40H31BrF6N4O6. The molecule has 57 heavy (non-hydrogen) atoms. The number of carbonyl (C=O) groups is 6. The Hall–Kier alpha value is -5.84. The highest BCUT2D eigenvalue weighted by Crippen LogP contribution is 2.35. The Balaban J connectivity index is 0.000000160. The maximum absolute atomic E-state index is 13.2. The molecule has 4 aromatic rings. The Morgan fingerprint density at radius 1 is 0.561 bits per heavy atom. The van der Waals surface area contributed by atoms with Crippen LogP contribution < -0.4 is 5.32 Å². The molecule has 2 fully saturated rings. The summed E-state index contributed by atoms with van der Waals surface area (Å²) in [5.74, 6) is -2.06. The lowest BCUT2D eigenvalue weighted by Crippen LogP contribution is -2.41. The minimum absolute atomic E-state index is 0.0104. The highest BCUT2D eigenvalue weighted by atomic mass is 79.9. The lowest BCUT2D eigenvalue weighted by atomic mass is 10.1. The third-order valence-electron chi connectivity index (χ3n) is 9.68. The lowest BCUT2D eigenvalue weighted by molar-refractivity contribution is -0.139. The van der Waals surface area contributed by atoms with Crippen molar-refractivity contribution in [2.45, 2.75) is 49.2 Å². The van der Waals surface area contributed by atoms with Gasteiger partial charge in [-0.1, -0.05) is 76.6 Å². The fourth-order valence-corrected chi connectivity index (χ4v) is 7.47. The molecule has 0 aromatic heterocycles. The van der Waals surface area contributed by atoms with Gasteiger partial charge >= 0.3 is 12.4 Å². The van der Waals surface area contributed by atoms with Gasteiger partial charge in [-0.2, -0.15) is 26.3 Å². The molecule has 0 spiro atoms. The number of hydrogen-bond acceptors (Lipinski definition) is 6. The number of rotatable bonds is 5. The predicted octanol–water partition coefficient (Wildman–Crippen LogP) is 6.87. The Bertz CT molecular complexity index is 2190. The first-order valence-corrected chi connectivity index (χ1v) is 18.5. The van der Waals surface area contributed by atoms with Gasteiger partial charge in [0.25, 0.3) is 23.6 Å². The fraction of sp³-hybridized carbons (Fsp3) is 0.250. The number of nitrogens with zero attached hydrogens (tertiary/aromatic N) is 3. The molecule has 4 aliphatic heterocycles. The Morgan fingerprint density at radius 3 is 1.37 bits per heavy atom. The summed E-state index contributed by atoms with van der Waals surface area (Å²) in [5.41, 5.74) is 0.292. The van der Waals surface area contributed by atoms with Crippen LogP contribution in [0.4, 0.5) is 26.3 Å². The molecule has 0 radical (unpaired) electrons. The van der Waals surface area contributed by atoms with E-state index in [9.17, 15) is 55.1 Å². The van der Waals surface area contributed by atoms with E-state index >= 15 is 0 Å². The van der Waals surface area contributed by atoms with E-state index < -0.39 is 47.2 Å². The zero-order valence-electron chi connectivity index (χ0n) is 29.6. The van der Waals surface area contributed by atoms with Gasteiger partial charge in [0.2, 0.25) is 11.8 Å². The van der Waals surface area contributed by atoms with Gasteiger partial charge in [0.15, 0.2) is 0 Å². The smallest absolute Gasteiger partial charge is 0.354 e. The van der Waals surface area contributed by atoms with Crippen molar-refractivity contribution < 1.29 is 55.1 Å². The molecule has 0 saturated carbocycles. The van der Waals surface area contributed by atoms with Crippen molar-refractivity contribution in [3.8, 4) is 0 Å². The first-order chi connectivity index (χ1) is 27.0. The van der Waals surface area contributed by atoms with Crippen LogP contribution in [0.3, 0.4) is 0 Å². The van der Waals surface area contributed by atoms with Crippen molar-refractivity contribution in [2.75, 3.05) is 13.1 Å². The lowest BCUT2D eigenvalue weighted by Gasteiger charge is -2.23. The number of hydrogen-bond donors (Lipinski definition) is 1. The van der Waals surface area contributed by atoms with E-state index in [-0.39, 0.29) is 77.3 Å². The van der Waals surface area contributed by atoms with Crippen molar-refractivity contribution in [2.24, 2.45) is 0 Å². The topological polar surface area (TPSA) is 124 Å². The molecule has 0 aliphatic carbocycles. The molecule has 2 atom stereocenters. The molecule has 6 amide bonds. The minimum atomic E-state index is -4.53. The average Bonchev–Trinajstić information content (AvgIpc) is 3.91. The average molecular weight is 858 g/mol. The number of amides is 6. The van der Waals surface area contributed by atoms with Gasteiger partial charge in [-0.25, -0.2) is 0 Å². The third kappa shape index (κ3) is 8.48. The second kappa shape index (κ2) is 16.3. The van der Waals surface area contributed by atoms with Crippen LogP contribution in [0, 0.1) is 0 Å². The molecule has 296 valence electrons. The highest BCUT2D eigenvalue weighted by molar-refractivity contribution is 9.08. The summed E-state index contributed by atoms with van der Waals surface area (Å²) < 4.78 is 76.2. The van der Waals surface area contributed by atoms with E-state index in [4.69, 9.17) is 0 Å². The van der Waals surface area contributed by atoms with Gasteiger partial charge in [0, 0.05) is 37.8 Å². The first-order valence-electron chi connectivity index (χ1n) is 17.4. The number of nitrogens with one attached hydrogen (secondary N) is 1. The van der Waals surface area contributed by atoms with Crippen LogP contribution >= 0.6 is 15.9 Å². The number of halogens is 7. The molecule has 8 rings (SSSR count). The van der Waals surface area contributed by atoms with E-state index in [0.717, 1.165) is 17.0 Å². The van der Waals surface area contributed by atoms with E-state index in [1.807, 2.05) is 0 Å². The second-order valence-corrected chi connectivity index (χ2v) is 13.9. The van der Waals surface area contributed by atoms with Crippen molar-refractivity contribution in [1.29, 1.82) is 0 Å². The van der Waals surface area contributed by atoms with E-state index in [1.54, 1.807) is 54.6 Å². The minimum Gasteiger partial charge on any atom is -0.354 e. The van der Waals surface area contributed by atoms with Gasteiger partial charge in [0.1, 0.15) is 0 Å². The van der Waals surface area contributed by atoms with Crippen LogP contribution in [0.1, 0.15) is 76.5 Å². The molecule has 2 unspecified atom stereocenters. The van der Waals surface area contributed by atoms with E-state index in [1.165, 1.54) is 40.1 Å². The largest absolute Gasteiger partial charge is 0.416 e. The van der Waals surface area contributed by atoms with Crippen molar-refractivity contribution in [3.05, 3.63) is 142 Å². The number of alkyl halides is 7. The van der Waals surface area contributed by atoms with Crippen LogP contribution in [-0.2, 0) is 33.8 Å². The third-order valence-corrected chi connectivity index (χ3v) is 10.3. The van der Waals surface area contributed by atoms with E-state index in [0.29, 0.717) is 17.7 Å². The van der Waals surface area contributed by atoms with Gasteiger partial charge < -0.3 is 10.2 Å². The van der Waals surface area contributed by atoms with Crippen LogP contribution in [0.5, 0.6) is 0 Å². The standard InChI is InChI=1S/C20H15F3N2O3.C12H10N2O3.C8H6BrF3/c21-20(22,23)16-8-4-1-5-12(16)10-24-11-13(9-17(24)26)25-18(27)14-6-2-3-7-15(14)19(25)28;15-10-5-7(6-13-10)14-11(16)8-3-1-2-4-9(8)12(14)17;9-5-6-3-1-2-4-7(6)8(10,11)12/h1-8,13H,9-11H2;1-4,7H,5-6H2,(H,13,15);1-4H,5H2. The second-order valence-electron chi connectivity index (χ2n) is 13.3. The molecule has 0 bridgehead atoms. The number of likely N-dealkylation sites (tertiary alicyclic amines) is 1. The van der Waals surface area contributed by atoms with Gasteiger partial charge in [-0.3, -0.25) is 38.6 Å². The SMILES string of the molecule is FC(F)(F)c1ccccc1CBr.O=C1CC(N2C(=O)c3ccccc3C2=O)CN1.O=C1CC(N2C(=O)c3ccccc3C2=O)CN1Cc1ccccc1C(F)(F)F. The highest BCUT2D eigenvalue weighted by Gasteiger charge is 2.45. The van der Waals surface area contributed by atoms with Crippen molar-refractivity contribution in [1.82, 2.24) is 20.0 Å². The molecule has 4 heterocycles. The number of imide groups is 2. The summed E-state index contributed by atoms with van der Waals surface area (Å²) in [7, 11) is 0. The molecule has 2 saturated heterocycles. The monoisotopic (exact) mass is 856 g/mol. The number of benzene rings is 4. The molecular weight excluding hydrogens is 826 g/mol. The van der Waals surface area contributed by atoms with Crippen LogP contribution in [-0.4, -0.2) is 75.3 Å².